The molecule has 3 aromatic rings. The lowest BCUT2D eigenvalue weighted by molar-refractivity contribution is 0.104. The molecule has 3 N–H and O–H groups in total. The van der Waals surface area contributed by atoms with Crippen molar-refractivity contribution >= 4 is 22.4 Å². The van der Waals surface area contributed by atoms with E-state index in [9.17, 15) is 4.79 Å². The first-order valence-electron chi connectivity index (χ1n) is 6.55. The van der Waals surface area contributed by atoms with Gasteiger partial charge < -0.3 is 10.7 Å². The maximum absolute atomic E-state index is 12.7. The van der Waals surface area contributed by atoms with Crippen LogP contribution in [0.25, 0.3) is 10.9 Å². The molecule has 2 aromatic carbocycles. The Morgan fingerprint density at radius 1 is 1.00 bits per heavy atom. The number of fused-ring (bicyclic) bond motifs is 1. The van der Waals surface area contributed by atoms with Crippen LogP contribution in [0.3, 0.4) is 0 Å². The van der Waals surface area contributed by atoms with E-state index in [2.05, 4.69) is 4.98 Å². The highest BCUT2D eigenvalue weighted by atomic mass is 16.1. The second-order valence-corrected chi connectivity index (χ2v) is 5.17. The maximum Gasteiger partial charge on any atom is 0.197 e. The van der Waals surface area contributed by atoms with Gasteiger partial charge in [-0.1, -0.05) is 23.3 Å². The van der Waals surface area contributed by atoms with Crippen molar-refractivity contribution in [1.82, 2.24) is 4.98 Å². The van der Waals surface area contributed by atoms with E-state index < -0.39 is 0 Å². The Hall–Kier alpha value is -2.55. The Morgan fingerprint density at radius 2 is 1.70 bits per heavy atom. The second kappa shape index (κ2) is 4.53. The number of carbonyl (C=O) groups excluding carboxylic acids is 1. The minimum Gasteiger partial charge on any atom is -0.398 e. The quantitative estimate of drug-likeness (QED) is 0.549. The molecular formula is C17H16N2O. The Balaban J connectivity index is 2.17. The van der Waals surface area contributed by atoms with Crippen LogP contribution in [0.1, 0.15) is 27.0 Å². The zero-order valence-electron chi connectivity index (χ0n) is 11.5. The average Bonchev–Trinajstić information content (AvgIpc) is 2.83. The monoisotopic (exact) mass is 264 g/mol. The van der Waals surface area contributed by atoms with Gasteiger partial charge in [-0.2, -0.15) is 0 Å². The number of carbonyl (C=O) groups is 1. The van der Waals surface area contributed by atoms with Crippen molar-refractivity contribution in [2.75, 3.05) is 5.73 Å². The molecule has 0 amide bonds. The molecule has 1 aromatic heterocycles. The first-order chi connectivity index (χ1) is 9.56. The zero-order valence-corrected chi connectivity index (χ0v) is 11.5. The number of aromatic nitrogens is 1. The molecule has 0 spiro atoms. The fourth-order valence-electron chi connectivity index (χ4n) is 2.43. The van der Waals surface area contributed by atoms with Gasteiger partial charge in [0, 0.05) is 33.9 Å². The minimum absolute atomic E-state index is 0.0388. The second-order valence-electron chi connectivity index (χ2n) is 5.17. The fraction of sp³-hybridized carbons (Fsp3) is 0.118. The van der Waals surface area contributed by atoms with Crippen LogP contribution in [0.4, 0.5) is 5.69 Å². The predicted molar refractivity (Wildman–Crippen MR) is 82.1 cm³/mol. The van der Waals surface area contributed by atoms with E-state index >= 15 is 0 Å². The first kappa shape index (κ1) is 12.5. The fourth-order valence-corrected chi connectivity index (χ4v) is 2.43. The average molecular weight is 264 g/mol. The van der Waals surface area contributed by atoms with Crippen molar-refractivity contribution in [3.8, 4) is 0 Å². The third-order valence-electron chi connectivity index (χ3n) is 3.54. The predicted octanol–water partition coefficient (Wildman–Crippen LogP) is 3.60. The Labute approximate surface area is 117 Å². The number of ketones is 1. The number of H-pyrrole nitrogens is 1. The summed E-state index contributed by atoms with van der Waals surface area (Å²) < 4.78 is 0. The number of aromatic amines is 1. The highest BCUT2D eigenvalue weighted by Gasteiger charge is 2.16. The molecule has 100 valence electrons. The van der Waals surface area contributed by atoms with Gasteiger partial charge in [0.25, 0.3) is 0 Å². The standard InChI is InChI=1S/C17H16N2O/c1-10-3-5-15(18)13(8-10)17(20)14-9-19-16-6-4-11(2)7-12(14)16/h3-9,19H,18H2,1-2H3. The van der Waals surface area contributed by atoms with Crippen LogP contribution < -0.4 is 5.73 Å². The van der Waals surface area contributed by atoms with Crippen LogP contribution >= 0.6 is 0 Å². The highest BCUT2D eigenvalue weighted by molar-refractivity contribution is 6.18. The van der Waals surface area contributed by atoms with E-state index in [4.69, 9.17) is 5.73 Å². The lowest BCUT2D eigenvalue weighted by Gasteiger charge is -2.05. The Morgan fingerprint density at radius 3 is 2.50 bits per heavy atom. The van der Waals surface area contributed by atoms with E-state index in [-0.39, 0.29) is 5.78 Å². The van der Waals surface area contributed by atoms with Crippen LogP contribution in [-0.2, 0) is 0 Å². The molecule has 0 radical (unpaired) electrons. The van der Waals surface area contributed by atoms with E-state index in [1.165, 1.54) is 0 Å². The van der Waals surface area contributed by atoms with Crippen molar-refractivity contribution in [3.05, 3.63) is 64.8 Å². The van der Waals surface area contributed by atoms with Crippen LogP contribution in [0.2, 0.25) is 0 Å². The lowest BCUT2D eigenvalue weighted by atomic mass is 9.99. The molecule has 20 heavy (non-hydrogen) atoms. The number of rotatable bonds is 2. The largest absolute Gasteiger partial charge is 0.398 e. The van der Waals surface area contributed by atoms with Gasteiger partial charge in [-0.05, 0) is 38.1 Å². The van der Waals surface area contributed by atoms with Crippen molar-refractivity contribution in [1.29, 1.82) is 0 Å². The first-order valence-corrected chi connectivity index (χ1v) is 6.55. The number of aryl methyl sites for hydroxylation is 2. The number of hydrogen-bond donors (Lipinski definition) is 2. The topological polar surface area (TPSA) is 58.9 Å². The molecule has 0 unspecified atom stereocenters. The van der Waals surface area contributed by atoms with E-state index in [0.717, 1.165) is 22.0 Å². The van der Waals surface area contributed by atoms with E-state index in [1.54, 1.807) is 12.3 Å². The molecule has 0 aliphatic carbocycles. The van der Waals surface area contributed by atoms with Gasteiger partial charge in [-0.15, -0.1) is 0 Å². The molecule has 3 nitrogen and oxygen atoms in total. The molecular weight excluding hydrogens is 248 g/mol. The Bertz CT molecular complexity index is 815. The van der Waals surface area contributed by atoms with Gasteiger partial charge in [0.05, 0.1) is 0 Å². The van der Waals surface area contributed by atoms with Gasteiger partial charge >= 0.3 is 0 Å². The van der Waals surface area contributed by atoms with Crippen molar-refractivity contribution < 1.29 is 4.79 Å². The highest BCUT2D eigenvalue weighted by Crippen LogP contribution is 2.25. The number of benzene rings is 2. The van der Waals surface area contributed by atoms with Gasteiger partial charge in [-0.25, -0.2) is 0 Å². The van der Waals surface area contributed by atoms with Gasteiger partial charge in [0.15, 0.2) is 5.78 Å². The number of anilines is 1. The zero-order chi connectivity index (χ0) is 14.3. The molecule has 1 heterocycles. The van der Waals surface area contributed by atoms with Crippen LogP contribution in [-0.4, -0.2) is 10.8 Å². The summed E-state index contributed by atoms with van der Waals surface area (Å²) in [5, 5.41) is 0.941. The summed E-state index contributed by atoms with van der Waals surface area (Å²) in [5.41, 5.74) is 10.8. The smallest absolute Gasteiger partial charge is 0.197 e. The Kier molecular flexibility index (Phi) is 2.83. The SMILES string of the molecule is Cc1ccc(N)c(C(=O)c2c[nH]c3ccc(C)cc23)c1. The molecule has 0 atom stereocenters. The van der Waals surface area contributed by atoms with Crippen LogP contribution in [0, 0.1) is 13.8 Å². The molecule has 0 aliphatic heterocycles. The third-order valence-corrected chi connectivity index (χ3v) is 3.54. The van der Waals surface area contributed by atoms with Gasteiger partial charge in [-0.3, -0.25) is 4.79 Å². The van der Waals surface area contributed by atoms with Crippen LogP contribution in [0.15, 0.2) is 42.6 Å². The third kappa shape index (κ3) is 1.97. The maximum atomic E-state index is 12.7. The number of hydrogen-bond acceptors (Lipinski definition) is 2. The summed E-state index contributed by atoms with van der Waals surface area (Å²) >= 11 is 0. The van der Waals surface area contributed by atoms with Crippen molar-refractivity contribution in [2.45, 2.75) is 13.8 Å². The summed E-state index contributed by atoms with van der Waals surface area (Å²) in [6.45, 7) is 3.97. The molecule has 0 saturated heterocycles. The molecule has 0 bridgehead atoms. The minimum atomic E-state index is -0.0388. The number of nitrogens with one attached hydrogen (secondary N) is 1. The summed E-state index contributed by atoms with van der Waals surface area (Å²) in [6, 6.07) is 11.6. The van der Waals surface area contributed by atoms with E-state index in [0.29, 0.717) is 16.8 Å². The number of nitrogens with two attached hydrogens (primary N) is 1. The molecule has 0 saturated carbocycles. The van der Waals surface area contributed by atoms with Gasteiger partial charge in [0.1, 0.15) is 0 Å². The molecule has 3 heteroatoms. The van der Waals surface area contributed by atoms with Crippen LogP contribution in [0.5, 0.6) is 0 Å². The molecule has 3 rings (SSSR count). The summed E-state index contributed by atoms with van der Waals surface area (Å²) in [4.78, 5) is 15.8. The molecule has 0 aliphatic rings. The summed E-state index contributed by atoms with van der Waals surface area (Å²) in [7, 11) is 0. The number of nitrogen functional groups attached to an aromatic ring is 1. The van der Waals surface area contributed by atoms with E-state index in [1.807, 2.05) is 44.2 Å². The normalized spacial score (nSPS) is 10.9. The molecule has 0 fully saturated rings. The van der Waals surface area contributed by atoms with Crippen molar-refractivity contribution in [3.63, 3.8) is 0 Å². The summed E-state index contributed by atoms with van der Waals surface area (Å²) in [6.07, 6.45) is 1.76. The summed E-state index contributed by atoms with van der Waals surface area (Å²) in [5.74, 6) is -0.0388. The lowest BCUT2D eigenvalue weighted by Crippen LogP contribution is -2.05. The van der Waals surface area contributed by atoms with Crippen molar-refractivity contribution in [2.24, 2.45) is 0 Å². The van der Waals surface area contributed by atoms with Gasteiger partial charge in [0.2, 0.25) is 0 Å².